The van der Waals surface area contributed by atoms with Crippen LogP contribution >= 0.6 is 0 Å². The van der Waals surface area contributed by atoms with E-state index in [0.29, 0.717) is 25.3 Å². The predicted molar refractivity (Wildman–Crippen MR) is 74.1 cm³/mol. The van der Waals surface area contributed by atoms with Gasteiger partial charge in [0.25, 0.3) is 0 Å². The molecule has 106 valence electrons. The van der Waals surface area contributed by atoms with Crippen molar-refractivity contribution in [1.29, 1.82) is 5.26 Å². The molecule has 1 amide bonds. The smallest absolute Gasteiger partial charge is 0.236 e. The Kier molecular flexibility index (Phi) is 4.93. The summed E-state index contributed by atoms with van der Waals surface area (Å²) in [5, 5.41) is 11.9. The van der Waals surface area contributed by atoms with E-state index in [-0.39, 0.29) is 11.9 Å². The Morgan fingerprint density at radius 1 is 1.50 bits per heavy atom. The van der Waals surface area contributed by atoms with Crippen LogP contribution in [-0.2, 0) is 4.79 Å². The Bertz CT molecular complexity index is 495. The van der Waals surface area contributed by atoms with Crippen molar-refractivity contribution in [2.24, 2.45) is 5.73 Å². The molecule has 1 heterocycles. The number of hydrogen-bond acceptors (Lipinski definition) is 5. The van der Waals surface area contributed by atoms with Crippen molar-refractivity contribution in [3.05, 3.63) is 29.8 Å². The molecule has 20 heavy (non-hydrogen) atoms. The van der Waals surface area contributed by atoms with Crippen molar-refractivity contribution in [2.75, 3.05) is 32.8 Å². The van der Waals surface area contributed by atoms with Crippen LogP contribution in [0.25, 0.3) is 0 Å². The van der Waals surface area contributed by atoms with Gasteiger partial charge in [0.2, 0.25) is 5.91 Å². The standard InChI is InChI=1S/C14H18N4O2/c15-9-11-1-3-12(4-2-11)20-8-7-18-6-5-17-10-13(18)14(16)19/h1-4,13,17H,5-8,10H2,(H2,16,19). The number of hydrogen-bond donors (Lipinski definition) is 2. The maximum Gasteiger partial charge on any atom is 0.236 e. The van der Waals surface area contributed by atoms with Crippen LogP contribution in [0.3, 0.4) is 0 Å². The number of piperazine rings is 1. The molecule has 0 aliphatic carbocycles. The first-order valence-electron chi connectivity index (χ1n) is 6.58. The first kappa shape index (κ1) is 14.3. The number of nitrogens with zero attached hydrogens (tertiary/aromatic N) is 2. The Morgan fingerprint density at radius 2 is 2.25 bits per heavy atom. The summed E-state index contributed by atoms with van der Waals surface area (Å²) in [5.74, 6) is 0.408. The van der Waals surface area contributed by atoms with E-state index in [1.54, 1.807) is 24.3 Å². The van der Waals surface area contributed by atoms with E-state index in [1.165, 1.54) is 0 Å². The fourth-order valence-corrected chi connectivity index (χ4v) is 2.20. The fourth-order valence-electron chi connectivity index (χ4n) is 2.20. The minimum atomic E-state index is -0.310. The molecule has 1 aromatic carbocycles. The van der Waals surface area contributed by atoms with Gasteiger partial charge in [-0.15, -0.1) is 0 Å². The van der Waals surface area contributed by atoms with E-state index in [9.17, 15) is 4.79 Å². The third-order valence-electron chi connectivity index (χ3n) is 3.31. The Labute approximate surface area is 118 Å². The number of carbonyl (C=O) groups is 1. The molecule has 1 aromatic rings. The van der Waals surface area contributed by atoms with Gasteiger partial charge in [-0.3, -0.25) is 9.69 Å². The summed E-state index contributed by atoms with van der Waals surface area (Å²) in [7, 11) is 0. The average Bonchev–Trinajstić information content (AvgIpc) is 2.48. The first-order valence-corrected chi connectivity index (χ1v) is 6.58. The number of primary amides is 1. The highest BCUT2D eigenvalue weighted by Gasteiger charge is 2.26. The number of carbonyl (C=O) groups excluding carboxylic acids is 1. The van der Waals surface area contributed by atoms with Crippen molar-refractivity contribution in [3.63, 3.8) is 0 Å². The minimum absolute atomic E-state index is 0.270. The van der Waals surface area contributed by atoms with Crippen molar-refractivity contribution in [3.8, 4) is 11.8 Å². The van der Waals surface area contributed by atoms with Crippen LogP contribution in [-0.4, -0.2) is 49.6 Å². The highest BCUT2D eigenvalue weighted by Crippen LogP contribution is 2.12. The molecule has 0 saturated carbocycles. The van der Waals surface area contributed by atoms with Crippen LogP contribution in [0.2, 0.25) is 0 Å². The molecule has 2 rings (SSSR count). The molecule has 0 aromatic heterocycles. The quantitative estimate of drug-likeness (QED) is 0.769. The van der Waals surface area contributed by atoms with Crippen LogP contribution in [0.1, 0.15) is 5.56 Å². The molecule has 1 aliphatic rings. The highest BCUT2D eigenvalue weighted by molar-refractivity contribution is 5.80. The molecular weight excluding hydrogens is 256 g/mol. The number of amides is 1. The van der Waals surface area contributed by atoms with Crippen LogP contribution < -0.4 is 15.8 Å². The summed E-state index contributed by atoms with van der Waals surface area (Å²) >= 11 is 0. The van der Waals surface area contributed by atoms with Gasteiger partial charge in [0.15, 0.2) is 0 Å². The number of rotatable bonds is 5. The van der Waals surface area contributed by atoms with Gasteiger partial charge in [0.05, 0.1) is 11.6 Å². The molecule has 1 fully saturated rings. The molecule has 1 unspecified atom stereocenters. The van der Waals surface area contributed by atoms with E-state index in [0.717, 1.165) is 18.8 Å². The minimum Gasteiger partial charge on any atom is -0.492 e. The third-order valence-corrected chi connectivity index (χ3v) is 3.31. The van der Waals surface area contributed by atoms with Gasteiger partial charge in [-0.2, -0.15) is 5.26 Å². The van der Waals surface area contributed by atoms with Gasteiger partial charge in [-0.05, 0) is 24.3 Å². The summed E-state index contributed by atoms with van der Waals surface area (Å²) in [6, 6.07) is 8.75. The SMILES string of the molecule is N#Cc1ccc(OCCN2CCNCC2C(N)=O)cc1. The van der Waals surface area contributed by atoms with Crippen molar-refractivity contribution < 1.29 is 9.53 Å². The van der Waals surface area contributed by atoms with Crippen LogP contribution in [0.5, 0.6) is 5.75 Å². The van der Waals surface area contributed by atoms with Crippen molar-refractivity contribution in [2.45, 2.75) is 6.04 Å². The summed E-state index contributed by atoms with van der Waals surface area (Å²) in [5.41, 5.74) is 5.99. The van der Waals surface area contributed by atoms with E-state index in [1.807, 2.05) is 4.90 Å². The normalized spacial score (nSPS) is 19.2. The Morgan fingerprint density at radius 3 is 2.90 bits per heavy atom. The van der Waals surface area contributed by atoms with E-state index >= 15 is 0 Å². The third kappa shape index (κ3) is 3.70. The van der Waals surface area contributed by atoms with Gasteiger partial charge in [0.1, 0.15) is 18.4 Å². The van der Waals surface area contributed by atoms with E-state index < -0.39 is 0 Å². The molecule has 1 aliphatic heterocycles. The molecule has 1 saturated heterocycles. The largest absolute Gasteiger partial charge is 0.492 e. The monoisotopic (exact) mass is 274 g/mol. The summed E-state index contributed by atoms with van der Waals surface area (Å²) in [6.45, 7) is 3.35. The lowest BCUT2D eigenvalue weighted by Crippen LogP contribution is -2.57. The second kappa shape index (κ2) is 6.89. The van der Waals surface area contributed by atoms with Crippen LogP contribution in [0.15, 0.2) is 24.3 Å². The highest BCUT2D eigenvalue weighted by atomic mass is 16.5. The predicted octanol–water partition coefficient (Wildman–Crippen LogP) is -0.304. The van der Waals surface area contributed by atoms with Gasteiger partial charge < -0.3 is 15.8 Å². The topological polar surface area (TPSA) is 91.4 Å². The maximum atomic E-state index is 11.3. The number of nitrogens with one attached hydrogen (secondary N) is 1. The zero-order chi connectivity index (χ0) is 14.4. The number of ether oxygens (including phenoxy) is 1. The van der Waals surface area contributed by atoms with Crippen LogP contribution in [0, 0.1) is 11.3 Å². The van der Waals surface area contributed by atoms with E-state index in [2.05, 4.69) is 11.4 Å². The molecule has 6 nitrogen and oxygen atoms in total. The fraction of sp³-hybridized carbons (Fsp3) is 0.429. The van der Waals surface area contributed by atoms with Crippen molar-refractivity contribution in [1.82, 2.24) is 10.2 Å². The molecule has 0 bridgehead atoms. The number of benzene rings is 1. The lowest BCUT2D eigenvalue weighted by molar-refractivity contribution is -0.123. The molecule has 0 spiro atoms. The number of nitriles is 1. The molecule has 3 N–H and O–H groups in total. The van der Waals surface area contributed by atoms with Gasteiger partial charge in [-0.25, -0.2) is 0 Å². The number of nitrogens with two attached hydrogens (primary N) is 1. The summed E-state index contributed by atoms with van der Waals surface area (Å²) in [6.07, 6.45) is 0. The zero-order valence-electron chi connectivity index (χ0n) is 11.2. The zero-order valence-corrected chi connectivity index (χ0v) is 11.2. The molecule has 6 heteroatoms. The maximum absolute atomic E-state index is 11.3. The van der Waals surface area contributed by atoms with Gasteiger partial charge >= 0.3 is 0 Å². The summed E-state index contributed by atoms with van der Waals surface area (Å²) < 4.78 is 5.61. The van der Waals surface area contributed by atoms with E-state index in [4.69, 9.17) is 15.7 Å². The van der Waals surface area contributed by atoms with Gasteiger partial charge in [0, 0.05) is 26.2 Å². The van der Waals surface area contributed by atoms with Gasteiger partial charge in [-0.1, -0.05) is 0 Å². The second-order valence-corrected chi connectivity index (χ2v) is 4.64. The summed E-state index contributed by atoms with van der Waals surface area (Å²) in [4.78, 5) is 13.4. The van der Waals surface area contributed by atoms with Crippen molar-refractivity contribution >= 4 is 5.91 Å². The Balaban J connectivity index is 1.82. The lowest BCUT2D eigenvalue weighted by Gasteiger charge is -2.33. The average molecular weight is 274 g/mol. The first-order chi connectivity index (χ1) is 9.70. The molecule has 0 radical (unpaired) electrons. The second-order valence-electron chi connectivity index (χ2n) is 4.64. The van der Waals surface area contributed by atoms with Crippen LogP contribution in [0.4, 0.5) is 0 Å². The lowest BCUT2D eigenvalue weighted by atomic mass is 10.2. The molecular formula is C14H18N4O2. The Hall–Kier alpha value is -2.10. The molecule has 1 atom stereocenters.